The molecule has 0 spiro atoms. The van der Waals surface area contributed by atoms with E-state index in [1.807, 2.05) is 0 Å². The number of benzene rings is 1. The highest BCUT2D eigenvalue weighted by molar-refractivity contribution is 6.31. The Kier molecular flexibility index (Phi) is 4.55. The first-order chi connectivity index (χ1) is 10.8. The monoisotopic (exact) mass is 339 g/mol. The molecule has 0 atom stereocenters. The van der Waals surface area contributed by atoms with Gasteiger partial charge in [-0.25, -0.2) is 0 Å². The Morgan fingerprint density at radius 1 is 1.30 bits per heavy atom. The number of carbonyl (C=O) groups is 1. The number of nitro groups is 2. The minimum Gasteiger partial charge on any atom is -0.358 e. The molecule has 23 heavy (non-hydrogen) atoms. The smallest absolute Gasteiger partial charge is 0.358 e. The Hall–Kier alpha value is -3.01. The summed E-state index contributed by atoms with van der Waals surface area (Å²) in [5.41, 5.74) is 0.0372. The van der Waals surface area contributed by atoms with Crippen molar-refractivity contribution in [2.45, 2.75) is 13.5 Å². The van der Waals surface area contributed by atoms with Crippen molar-refractivity contribution in [3.05, 3.63) is 55.2 Å². The van der Waals surface area contributed by atoms with Gasteiger partial charge in [0.2, 0.25) is 5.91 Å². The number of nitrogens with one attached hydrogen (secondary N) is 1. The molecule has 0 radical (unpaired) electrons. The van der Waals surface area contributed by atoms with Crippen LogP contribution in [0.15, 0.2) is 24.3 Å². The van der Waals surface area contributed by atoms with E-state index >= 15 is 0 Å². The van der Waals surface area contributed by atoms with Gasteiger partial charge >= 0.3 is 5.82 Å². The van der Waals surface area contributed by atoms with Crippen LogP contribution in [-0.2, 0) is 11.3 Å². The van der Waals surface area contributed by atoms with Gasteiger partial charge in [0.05, 0.1) is 21.8 Å². The zero-order chi connectivity index (χ0) is 17.1. The van der Waals surface area contributed by atoms with E-state index in [-0.39, 0.29) is 28.8 Å². The van der Waals surface area contributed by atoms with Gasteiger partial charge in [0.25, 0.3) is 5.69 Å². The zero-order valence-corrected chi connectivity index (χ0v) is 12.5. The predicted molar refractivity (Wildman–Crippen MR) is 80.4 cm³/mol. The van der Waals surface area contributed by atoms with Crippen molar-refractivity contribution < 1.29 is 14.6 Å². The summed E-state index contributed by atoms with van der Waals surface area (Å²) in [4.78, 5) is 32.2. The van der Waals surface area contributed by atoms with Crippen LogP contribution in [0, 0.1) is 27.2 Å². The van der Waals surface area contributed by atoms with Crippen molar-refractivity contribution in [3.63, 3.8) is 0 Å². The standard InChI is InChI=1S/C12H10ClN5O5/c1-7-4-11(18(22)23)15-16(7)6-12(19)14-9-3-2-8(13)5-10(9)17(20)21/h2-5H,6H2,1H3,(H,14,19). The second-order valence-electron chi connectivity index (χ2n) is 4.53. The molecule has 1 heterocycles. The fraction of sp³-hybridized carbons (Fsp3) is 0.167. The van der Waals surface area contributed by atoms with Gasteiger partial charge in [0, 0.05) is 11.1 Å². The number of amides is 1. The van der Waals surface area contributed by atoms with Crippen LogP contribution >= 0.6 is 11.6 Å². The maximum absolute atomic E-state index is 12.0. The molecule has 10 nitrogen and oxygen atoms in total. The van der Waals surface area contributed by atoms with Crippen molar-refractivity contribution in [1.29, 1.82) is 0 Å². The van der Waals surface area contributed by atoms with Crippen molar-refractivity contribution in [2.24, 2.45) is 0 Å². The molecule has 120 valence electrons. The molecular formula is C12H10ClN5O5. The average molecular weight is 340 g/mol. The normalized spacial score (nSPS) is 10.3. The second kappa shape index (κ2) is 6.40. The van der Waals surface area contributed by atoms with E-state index in [0.29, 0.717) is 5.69 Å². The molecule has 0 saturated carbocycles. The van der Waals surface area contributed by atoms with Crippen LogP contribution in [0.4, 0.5) is 17.2 Å². The highest BCUT2D eigenvalue weighted by Gasteiger charge is 2.20. The number of aromatic nitrogens is 2. The third kappa shape index (κ3) is 3.80. The quantitative estimate of drug-likeness (QED) is 0.656. The molecule has 1 N–H and O–H groups in total. The summed E-state index contributed by atoms with van der Waals surface area (Å²) in [6, 6.07) is 5.03. The Balaban J connectivity index is 2.17. The Morgan fingerprint density at radius 2 is 2.00 bits per heavy atom. The number of anilines is 1. The first-order valence-electron chi connectivity index (χ1n) is 6.20. The van der Waals surface area contributed by atoms with E-state index in [0.717, 1.165) is 10.7 Å². The maximum Gasteiger partial charge on any atom is 0.390 e. The number of hydrogen-bond acceptors (Lipinski definition) is 6. The Bertz CT molecular complexity index is 803. The number of hydrogen-bond donors (Lipinski definition) is 1. The van der Waals surface area contributed by atoms with Crippen molar-refractivity contribution >= 4 is 34.7 Å². The summed E-state index contributed by atoms with van der Waals surface area (Å²) >= 11 is 5.69. The van der Waals surface area contributed by atoms with Gasteiger partial charge in [-0.1, -0.05) is 11.6 Å². The molecule has 0 unspecified atom stereocenters. The van der Waals surface area contributed by atoms with Gasteiger partial charge in [0.15, 0.2) is 0 Å². The van der Waals surface area contributed by atoms with Crippen LogP contribution in [0.1, 0.15) is 5.69 Å². The van der Waals surface area contributed by atoms with Crippen LogP contribution in [-0.4, -0.2) is 25.5 Å². The lowest BCUT2D eigenvalue weighted by molar-refractivity contribution is -0.389. The highest BCUT2D eigenvalue weighted by atomic mass is 35.5. The van der Waals surface area contributed by atoms with Crippen LogP contribution in [0.3, 0.4) is 0 Å². The van der Waals surface area contributed by atoms with Gasteiger partial charge in [-0.05, 0) is 24.0 Å². The molecular weight excluding hydrogens is 330 g/mol. The molecule has 1 aromatic heterocycles. The minimum absolute atomic E-state index is 0.0243. The number of rotatable bonds is 5. The van der Waals surface area contributed by atoms with Gasteiger partial charge in [-0.3, -0.25) is 14.9 Å². The lowest BCUT2D eigenvalue weighted by Gasteiger charge is -2.06. The molecule has 11 heteroatoms. The van der Waals surface area contributed by atoms with E-state index in [9.17, 15) is 25.0 Å². The number of halogens is 1. The summed E-state index contributed by atoms with van der Waals surface area (Å²) in [7, 11) is 0. The molecule has 0 aliphatic rings. The summed E-state index contributed by atoms with van der Waals surface area (Å²) in [5, 5.41) is 27.8. The predicted octanol–water partition coefficient (Wildman–Crippen LogP) is 2.30. The number of nitro benzene ring substituents is 1. The van der Waals surface area contributed by atoms with E-state index in [1.165, 1.54) is 18.2 Å². The third-order valence-electron chi connectivity index (χ3n) is 2.88. The lowest BCUT2D eigenvalue weighted by atomic mass is 10.2. The Morgan fingerprint density at radius 3 is 2.57 bits per heavy atom. The van der Waals surface area contributed by atoms with Crippen LogP contribution < -0.4 is 5.32 Å². The van der Waals surface area contributed by atoms with Crippen molar-refractivity contribution in [3.8, 4) is 0 Å². The lowest BCUT2D eigenvalue weighted by Crippen LogP contribution is -2.20. The van der Waals surface area contributed by atoms with E-state index < -0.39 is 15.8 Å². The van der Waals surface area contributed by atoms with Gasteiger partial charge in [-0.2, -0.15) is 4.68 Å². The van der Waals surface area contributed by atoms with Crippen LogP contribution in [0.2, 0.25) is 5.02 Å². The maximum atomic E-state index is 12.0. The molecule has 0 aliphatic heterocycles. The van der Waals surface area contributed by atoms with Crippen molar-refractivity contribution in [2.75, 3.05) is 5.32 Å². The third-order valence-corrected chi connectivity index (χ3v) is 3.11. The number of nitrogens with zero attached hydrogens (tertiary/aromatic N) is 4. The first kappa shape index (κ1) is 16.4. The number of carbonyl (C=O) groups excluding carboxylic acids is 1. The van der Waals surface area contributed by atoms with Crippen molar-refractivity contribution in [1.82, 2.24) is 9.78 Å². The largest absolute Gasteiger partial charge is 0.390 e. The zero-order valence-electron chi connectivity index (χ0n) is 11.7. The minimum atomic E-state index is -0.675. The fourth-order valence-corrected chi connectivity index (χ4v) is 2.00. The molecule has 2 rings (SSSR count). The molecule has 0 bridgehead atoms. The van der Waals surface area contributed by atoms with E-state index in [2.05, 4.69) is 10.4 Å². The molecule has 1 amide bonds. The summed E-state index contributed by atoms with van der Waals surface area (Å²) in [5.74, 6) is -0.996. The first-order valence-corrected chi connectivity index (χ1v) is 6.58. The molecule has 0 saturated heterocycles. The van der Waals surface area contributed by atoms with Gasteiger partial charge < -0.3 is 15.4 Å². The number of aryl methyl sites for hydroxylation is 1. The summed E-state index contributed by atoms with van der Waals surface area (Å²) < 4.78 is 1.13. The van der Waals surface area contributed by atoms with Gasteiger partial charge in [0.1, 0.15) is 12.2 Å². The van der Waals surface area contributed by atoms with E-state index in [4.69, 9.17) is 11.6 Å². The van der Waals surface area contributed by atoms with Crippen LogP contribution in [0.5, 0.6) is 0 Å². The van der Waals surface area contributed by atoms with Gasteiger partial charge in [-0.15, -0.1) is 0 Å². The average Bonchev–Trinajstić information content (AvgIpc) is 2.82. The molecule has 1 aromatic carbocycles. The Labute approximate surface area is 134 Å². The SMILES string of the molecule is Cc1cc([N+](=O)[O-])nn1CC(=O)Nc1ccc(Cl)cc1[N+](=O)[O-]. The topological polar surface area (TPSA) is 133 Å². The molecule has 0 fully saturated rings. The second-order valence-corrected chi connectivity index (χ2v) is 4.96. The summed E-state index contributed by atoms with van der Waals surface area (Å²) in [6.45, 7) is 1.23. The fourth-order valence-electron chi connectivity index (χ4n) is 1.83. The molecule has 2 aromatic rings. The molecule has 0 aliphatic carbocycles. The van der Waals surface area contributed by atoms with Crippen LogP contribution in [0.25, 0.3) is 0 Å². The van der Waals surface area contributed by atoms with E-state index in [1.54, 1.807) is 6.92 Å². The highest BCUT2D eigenvalue weighted by Crippen LogP contribution is 2.27. The summed E-state index contributed by atoms with van der Waals surface area (Å²) in [6.07, 6.45) is 0.